The first kappa shape index (κ1) is 65.8. The molecule has 0 bridgehead atoms. The lowest BCUT2D eigenvalue weighted by Crippen LogP contribution is -2.65. The number of amides is 1. The molecule has 8 N–H and O–H groups in total. The molecule has 0 aromatic carbocycles. The minimum absolute atomic E-state index is 0.0812. The summed E-state index contributed by atoms with van der Waals surface area (Å²) < 4.78 is 49.6. The van der Waals surface area contributed by atoms with Gasteiger partial charge in [-0.2, -0.15) is 0 Å². The topological polar surface area (TPSA) is 284 Å². The summed E-state index contributed by atoms with van der Waals surface area (Å²) >= 11 is 0. The fourth-order valence-electron chi connectivity index (χ4n) is 9.85. The lowest BCUT2D eigenvalue weighted by Gasteiger charge is -2.53. The Hall–Kier alpha value is -4.75. The number of aliphatic hydroxyl groups is 6. The minimum atomic E-state index is -2.05. The monoisotopic (exact) mass is 1100 g/mol. The number of methoxy groups -OCH3 is 3. The van der Waals surface area contributed by atoms with Gasteiger partial charge in [0.15, 0.2) is 24.2 Å². The van der Waals surface area contributed by atoms with E-state index in [1.165, 1.54) is 64.3 Å². The minimum Gasteiger partial charge on any atom is -0.507 e. The van der Waals surface area contributed by atoms with Crippen LogP contribution in [-0.4, -0.2) is 178 Å². The maximum atomic E-state index is 14.0. The zero-order valence-corrected chi connectivity index (χ0v) is 47.2. The third-order valence-corrected chi connectivity index (χ3v) is 14.8. The van der Waals surface area contributed by atoms with Crippen molar-refractivity contribution in [1.82, 2.24) is 9.88 Å². The molecule has 78 heavy (non-hydrogen) atoms. The van der Waals surface area contributed by atoms with Crippen molar-refractivity contribution in [2.75, 3.05) is 27.9 Å². The number of aromatic hydroxyl groups is 1. The molecule has 436 valence electrons. The van der Waals surface area contributed by atoms with Crippen molar-refractivity contribution < 1.29 is 83.2 Å². The van der Waals surface area contributed by atoms with Gasteiger partial charge in [0.1, 0.15) is 47.9 Å². The van der Waals surface area contributed by atoms with Crippen LogP contribution in [0.4, 0.5) is 0 Å². The van der Waals surface area contributed by atoms with Crippen LogP contribution in [-0.2, 0) is 49.7 Å². The van der Waals surface area contributed by atoms with Gasteiger partial charge in [0, 0.05) is 58.9 Å². The molecule has 18 atom stereocenters. The van der Waals surface area contributed by atoms with Gasteiger partial charge in [0.05, 0.1) is 48.6 Å². The van der Waals surface area contributed by atoms with Gasteiger partial charge in [-0.05, 0) is 58.3 Å². The third-order valence-electron chi connectivity index (χ3n) is 14.8. The largest absolute Gasteiger partial charge is 0.507 e. The first-order valence-corrected chi connectivity index (χ1v) is 26.4. The number of aromatic nitrogens is 1. The Bertz CT molecular complexity index is 2420. The quantitative estimate of drug-likeness (QED) is 0.0391. The summed E-state index contributed by atoms with van der Waals surface area (Å²) in [5, 5.41) is 80.1. The molecule has 1 amide bonds. The van der Waals surface area contributed by atoms with E-state index in [2.05, 4.69) is 5.32 Å². The normalized spacial score (nSPS) is 32.4. The van der Waals surface area contributed by atoms with Crippen molar-refractivity contribution in [2.45, 2.75) is 173 Å². The summed E-state index contributed by atoms with van der Waals surface area (Å²) in [4.78, 5) is 39.1. The molecule has 3 fully saturated rings. The second-order valence-corrected chi connectivity index (χ2v) is 20.7. The lowest BCUT2D eigenvalue weighted by atomic mass is 9.72. The van der Waals surface area contributed by atoms with Crippen LogP contribution in [0.25, 0.3) is 0 Å². The van der Waals surface area contributed by atoms with Gasteiger partial charge in [-0.15, -0.1) is 0 Å². The number of ether oxygens (including phenoxy) is 8. The maximum Gasteiger partial charge on any atom is 0.265 e. The smallest absolute Gasteiger partial charge is 0.265 e. The Labute approximate surface area is 458 Å². The van der Waals surface area contributed by atoms with E-state index in [4.69, 9.17) is 37.9 Å². The van der Waals surface area contributed by atoms with Crippen molar-refractivity contribution in [1.29, 1.82) is 0 Å². The molecular formula is C58H86N2O18. The number of allylic oxidation sites excluding steroid dienone is 12. The lowest BCUT2D eigenvalue weighted by molar-refractivity contribution is -0.377. The molecule has 0 radical (unpaired) electrons. The molecule has 4 heterocycles. The number of hydrogen-bond acceptors (Lipinski definition) is 18. The van der Waals surface area contributed by atoms with E-state index < -0.39 is 138 Å². The molecule has 0 saturated carbocycles. The number of nitrogens with zero attached hydrogens (tertiary/aromatic N) is 1. The molecular weight excluding hydrogens is 1010 g/mol. The molecule has 20 heteroatoms. The summed E-state index contributed by atoms with van der Waals surface area (Å²) in [7, 11) is 5.73. The molecule has 1 aromatic rings. The van der Waals surface area contributed by atoms with Crippen molar-refractivity contribution in [3.63, 3.8) is 0 Å². The number of aryl methyl sites for hydroxylation is 1. The standard InChI is InChI=1S/C58H86N2O18/c1-14-16-20-28-41-57(8,9)42(76-55-48(67)51(72-12)50(37(7)75-55)77-56-52(73-13)47(66)46(65)36(6)74-56)32-58(70,78-41)38(15-2)53(68)59-30-24-23-26-34(4)49(71-11)35(5)45(64)40(62)27-22-19-17-18-21-25-33(3)44(63)43-39(61)29-31-60(10)54(43)69/h14,16-29,31,35-38,40-42,45-52,55-56,61-62,64-67,70H,15,30,32H2,1-13H3,(H,59,68)/b16-14-,19-17+,21-18+,24-23+,27-22+,28-20+,33-25+,34-26+/t35-,36-,37+,38+,40-,41-,42-,45?,46-,47+,48+,49+,50+,51-,52+,55-,56-,58-/m0/s1. The van der Waals surface area contributed by atoms with E-state index in [0.717, 1.165) is 5.57 Å². The van der Waals surface area contributed by atoms with Crippen LogP contribution in [0.5, 0.6) is 5.75 Å². The van der Waals surface area contributed by atoms with Gasteiger partial charge in [-0.3, -0.25) is 14.4 Å². The highest BCUT2D eigenvalue weighted by Crippen LogP contribution is 2.47. The number of carbonyl (C=O) groups excluding carboxylic acids is 2. The average molecular weight is 1100 g/mol. The van der Waals surface area contributed by atoms with Crippen LogP contribution in [0.3, 0.4) is 0 Å². The molecule has 3 aliphatic heterocycles. The van der Waals surface area contributed by atoms with E-state index >= 15 is 0 Å². The van der Waals surface area contributed by atoms with Crippen LogP contribution in [0, 0.1) is 17.3 Å². The zero-order valence-electron chi connectivity index (χ0n) is 47.2. The number of hydrogen-bond donors (Lipinski definition) is 8. The highest BCUT2D eigenvalue weighted by molar-refractivity contribution is 6.09. The fourth-order valence-corrected chi connectivity index (χ4v) is 9.85. The van der Waals surface area contributed by atoms with E-state index in [1.54, 1.807) is 88.5 Å². The second kappa shape index (κ2) is 30.2. The van der Waals surface area contributed by atoms with Gasteiger partial charge in [0.2, 0.25) is 5.91 Å². The van der Waals surface area contributed by atoms with Crippen LogP contribution in [0.15, 0.2) is 113 Å². The van der Waals surface area contributed by atoms with Gasteiger partial charge >= 0.3 is 0 Å². The fraction of sp³-hybridized carbons (Fsp3) is 0.603. The summed E-state index contributed by atoms with van der Waals surface area (Å²) in [5.74, 6) is -5.15. The Morgan fingerprint density at radius 1 is 0.872 bits per heavy atom. The Morgan fingerprint density at radius 3 is 2.17 bits per heavy atom. The van der Waals surface area contributed by atoms with E-state index in [1.807, 2.05) is 39.8 Å². The van der Waals surface area contributed by atoms with E-state index in [9.17, 15) is 50.1 Å². The SMILES string of the molecule is C/C=C\C=C\[C@@H]1O[C@](O)([C@H](CC)C(=O)NC/C=C/C=C(\C)[C@@H](OC)[C@@H](C)C(O)[C@@H](O)/C=C/C=C/C=C/C=C(\C)C(=O)c2c(O)ccn(C)c2=O)C[C@H](O[C@@H]2O[C@H](C)[C@@H](O[C@@H]3O[C@@H](C)[C@H](O)[C@@H](O)[C@H]3OC)[C@@H](OC)[C@H]2O)C1(C)C. The van der Waals surface area contributed by atoms with Gasteiger partial charge < -0.3 is 83.5 Å². The van der Waals surface area contributed by atoms with Gasteiger partial charge in [-0.1, -0.05) is 113 Å². The first-order chi connectivity index (χ1) is 36.8. The van der Waals surface area contributed by atoms with Crippen LogP contribution >= 0.6 is 0 Å². The predicted molar refractivity (Wildman–Crippen MR) is 291 cm³/mol. The van der Waals surface area contributed by atoms with Crippen LogP contribution in [0.1, 0.15) is 85.5 Å². The average Bonchev–Trinajstić information content (AvgIpc) is 3.47. The maximum absolute atomic E-state index is 14.0. The summed E-state index contributed by atoms with van der Waals surface area (Å²) in [5.41, 5.74) is -0.793. The number of carbonyl (C=O) groups is 2. The third kappa shape index (κ3) is 16.2. The first-order valence-electron chi connectivity index (χ1n) is 26.4. The molecule has 0 aliphatic carbocycles. The van der Waals surface area contributed by atoms with Gasteiger partial charge in [-0.25, -0.2) is 0 Å². The Kier molecular flexibility index (Phi) is 25.4. The number of rotatable bonds is 25. The number of aliphatic hydroxyl groups excluding tert-OH is 5. The van der Waals surface area contributed by atoms with Crippen molar-refractivity contribution in [2.24, 2.45) is 24.3 Å². The molecule has 1 aromatic heterocycles. The van der Waals surface area contributed by atoms with Crippen LogP contribution < -0.4 is 10.9 Å². The Balaban J connectivity index is 1.39. The van der Waals surface area contributed by atoms with Gasteiger partial charge in [0.25, 0.3) is 5.56 Å². The van der Waals surface area contributed by atoms with Crippen LogP contribution in [0.2, 0.25) is 0 Å². The van der Waals surface area contributed by atoms with Crippen molar-refractivity contribution in [3.05, 3.63) is 124 Å². The molecule has 3 aliphatic rings. The number of ketones is 1. The molecule has 3 saturated heterocycles. The summed E-state index contributed by atoms with van der Waals surface area (Å²) in [6.45, 7) is 15.9. The van der Waals surface area contributed by atoms with E-state index in [0.29, 0.717) is 0 Å². The summed E-state index contributed by atoms with van der Waals surface area (Å²) in [6.07, 6.45) is 9.05. The molecule has 4 rings (SSSR count). The number of nitrogens with one attached hydrogen (secondary N) is 1. The summed E-state index contributed by atoms with van der Waals surface area (Å²) in [6, 6.07) is 1.28. The number of pyridine rings is 1. The highest BCUT2D eigenvalue weighted by atomic mass is 16.8. The van der Waals surface area contributed by atoms with Crippen molar-refractivity contribution in [3.8, 4) is 5.75 Å². The molecule has 20 nitrogen and oxygen atoms in total. The predicted octanol–water partition coefficient (Wildman–Crippen LogP) is 3.92. The highest BCUT2D eigenvalue weighted by Gasteiger charge is 2.58. The van der Waals surface area contributed by atoms with E-state index in [-0.39, 0.29) is 30.5 Å². The molecule has 1 unspecified atom stereocenters. The second-order valence-electron chi connectivity index (χ2n) is 20.7. The molecule has 0 spiro atoms. The van der Waals surface area contributed by atoms with Crippen molar-refractivity contribution >= 4 is 11.7 Å². The zero-order chi connectivity index (χ0) is 58.2. The Morgan fingerprint density at radius 2 is 1.53 bits per heavy atom. The number of Topliss-reactive ketones (excluding diaryl/α,β-unsaturated/α-hetero) is 1.